The Morgan fingerprint density at radius 1 is 1.06 bits per heavy atom. The molecule has 1 saturated carbocycles. The molecule has 1 unspecified atom stereocenters. The van der Waals surface area contributed by atoms with Crippen molar-refractivity contribution in [1.29, 1.82) is 0 Å². The number of hydrogen-bond donors (Lipinski definition) is 1. The van der Waals surface area contributed by atoms with Crippen molar-refractivity contribution in [1.82, 2.24) is 34.7 Å². The molecule has 9 nitrogen and oxygen atoms in total. The minimum Gasteiger partial charge on any atom is -0.297 e. The van der Waals surface area contributed by atoms with Crippen molar-refractivity contribution in [2.75, 3.05) is 0 Å². The number of imidazole rings is 1. The van der Waals surface area contributed by atoms with Crippen LogP contribution in [0.1, 0.15) is 69.3 Å². The number of ketones is 1. The highest BCUT2D eigenvalue weighted by Gasteiger charge is 2.26. The van der Waals surface area contributed by atoms with Gasteiger partial charge in [0.1, 0.15) is 0 Å². The van der Waals surface area contributed by atoms with Crippen LogP contribution >= 0.6 is 0 Å². The molecule has 0 bridgehead atoms. The maximum absolute atomic E-state index is 13.5. The van der Waals surface area contributed by atoms with Crippen LogP contribution in [0.5, 0.6) is 0 Å². The number of hydrogen-bond acceptors (Lipinski definition) is 6. The molecule has 0 amide bonds. The van der Waals surface area contributed by atoms with Gasteiger partial charge in [-0.15, -0.1) is 10.2 Å². The Kier molecular flexibility index (Phi) is 7.16. The third-order valence-electron chi connectivity index (χ3n) is 6.95. The van der Waals surface area contributed by atoms with Crippen LogP contribution in [0.4, 0.5) is 0 Å². The van der Waals surface area contributed by atoms with Crippen LogP contribution in [0.2, 0.25) is 0 Å². The maximum atomic E-state index is 13.5. The number of Topliss-reactive ketones (excluding diaryl/α,β-unsaturated/α-hetero) is 1. The zero-order valence-electron chi connectivity index (χ0n) is 20.6. The van der Waals surface area contributed by atoms with E-state index < -0.39 is 0 Å². The van der Waals surface area contributed by atoms with E-state index in [2.05, 4.69) is 32.5 Å². The summed E-state index contributed by atoms with van der Waals surface area (Å²) in [5.41, 5.74) is 4.39. The van der Waals surface area contributed by atoms with Gasteiger partial charge in [-0.2, -0.15) is 5.21 Å². The van der Waals surface area contributed by atoms with E-state index >= 15 is 0 Å². The Bertz CT molecular complexity index is 1370. The molecule has 3 heterocycles. The van der Waals surface area contributed by atoms with Gasteiger partial charge >= 0.3 is 5.69 Å². The van der Waals surface area contributed by atoms with E-state index in [1.165, 1.54) is 0 Å². The summed E-state index contributed by atoms with van der Waals surface area (Å²) in [6.07, 6.45) is 10.8. The molecule has 9 heteroatoms. The fraction of sp³-hybridized carbons (Fsp3) is 0.407. The molecule has 0 aliphatic heterocycles. The molecule has 1 aromatic carbocycles. The van der Waals surface area contributed by atoms with Gasteiger partial charge in [0, 0.05) is 35.6 Å². The second-order valence-corrected chi connectivity index (χ2v) is 9.40. The molecule has 3 aromatic heterocycles. The molecule has 1 fully saturated rings. The van der Waals surface area contributed by atoms with Crippen molar-refractivity contribution in [3.05, 3.63) is 70.7 Å². The molecule has 1 aliphatic rings. The first-order valence-corrected chi connectivity index (χ1v) is 12.8. The summed E-state index contributed by atoms with van der Waals surface area (Å²) in [4.78, 5) is 30.9. The maximum Gasteiger partial charge on any atom is 0.329 e. The molecular formula is C27H31N7O2. The summed E-state index contributed by atoms with van der Waals surface area (Å²) in [5, 5.41) is 14.4. The minimum absolute atomic E-state index is 0.116. The Hall–Kier alpha value is -3.88. The fourth-order valence-corrected chi connectivity index (χ4v) is 4.98. The first-order valence-electron chi connectivity index (χ1n) is 12.8. The average molecular weight is 486 g/mol. The van der Waals surface area contributed by atoms with Gasteiger partial charge in [-0.1, -0.05) is 56.5 Å². The minimum atomic E-state index is -0.349. The number of aromatic amines is 1. The van der Waals surface area contributed by atoms with Crippen LogP contribution in [0.15, 0.2) is 53.6 Å². The molecule has 1 aliphatic carbocycles. The largest absolute Gasteiger partial charge is 0.329 e. The quantitative estimate of drug-likeness (QED) is 0.371. The average Bonchev–Trinajstić information content (AvgIpc) is 3.48. The first-order chi connectivity index (χ1) is 17.7. The number of rotatable bonds is 8. The van der Waals surface area contributed by atoms with Crippen LogP contribution in [-0.2, 0) is 17.8 Å². The summed E-state index contributed by atoms with van der Waals surface area (Å²) < 4.78 is 3.48. The summed E-state index contributed by atoms with van der Waals surface area (Å²) >= 11 is 0. The molecule has 0 radical (unpaired) electrons. The second kappa shape index (κ2) is 10.8. The van der Waals surface area contributed by atoms with Crippen LogP contribution < -0.4 is 5.69 Å². The summed E-state index contributed by atoms with van der Waals surface area (Å²) in [6, 6.07) is 11.5. The van der Waals surface area contributed by atoms with E-state index in [4.69, 9.17) is 0 Å². The summed E-state index contributed by atoms with van der Waals surface area (Å²) in [6.45, 7) is 2.51. The van der Waals surface area contributed by atoms with Crippen molar-refractivity contribution in [2.45, 2.75) is 70.9 Å². The lowest BCUT2D eigenvalue weighted by atomic mass is 10.0. The van der Waals surface area contributed by atoms with Gasteiger partial charge in [0.25, 0.3) is 0 Å². The van der Waals surface area contributed by atoms with Gasteiger partial charge < -0.3 is 0 Å². The Morgan fingerprint density at radius 3 is 2.67 bits per heavy atom. The number of carbonyl (C=O) groups excluding carboxylic acids is 1. The molecule has 0 spiro atoms. The van der Waals surface area contributed by atoms with E-state index in [-0.39, 0.29) is 17.5 Å². The molecule has 186 valence electrons. The summed E-state index contributed by atoms with van der Waals surface area (Å²) in [7, 11) is 0. The molecule has 36 heavy (non-hydrogen) atoms. The number of carbonyl (C=O) groups is 1. The van der Waals surface area contributed by atoms with Gasteiger partial charge in [0.15, 0.2) is 5.78 Å². The van der Waals surface area contributed by atoms with E-state index in [0.29, 0.717) is 18.8 Å². The SMILES string of the molecule is CCCCc1cn(C2CCCCCC2=O)c(=O)n1Cc1ccc(-c2ccccc2-c2nn[nH]n2)cn1. The van der Waals surface area contributed by atoms with Gasteiger partial charge in [-0.05, 0) is 42.5 Å². The van der Waals surface area contributed by atoms with Gasteiger partial charge in [0.2, 0.25) is 5.82 Å². The smallest absolute Gasteiger partial charge is 0.297 e. The van der Waals surface area contributed by atoms with E-state index in [1.54, 1.807) is 9.13 Å². The third kappa shape index (κ3) is 4.91. The number of nitrogens with zero attached hydrogens (tertiary/aromatic N) is 6. The molecule has 1 atom stereocenters. The molecule has 0 saturated heterocycles. The van der Waals surface area contributed by atoms with Crippen LogP contribution in [0.3, 0.4) is 0 Å². The van der Waals surface area contributed by atoms with Crippen molar-refractivity contribution in [3.8, 4) is 22.5 Å². The lowest BCUT2D eigenvalue weighted by Gasteiger charge is -2.13. The molecule has 4 aromatic rings. The lowest BCUT2D eigenvalue weighted by molar-refractivity contribution is -0.122. The normalized spacial score (nSPS) is 16.2. The predicted octanol–water partition coefficient (Wildman–Crippen LogP) is 4.36. The van der Waals surface area contributed by atoms with Crippen molar-refractivity contribution in [3.63, 3.8) is 0 Å². The Morgan fingerprint density at radius 2 is 1.92 bits per heavy atom. The monoisotopic (exact) mass is 485 g/mol. The number of pyridine rings is 1. The third-order valence-corrected chi connectivity index (χ3v) is 6.95. The number of benzene rings is 1. The van der Waals surface area contributed by atoms with Gasteiger partial charge in [-0.3, -0.25) is 18.9 Å². The standard InChI is InChI=1S/C27H31N7O2/c1-2-3-9-21-18-34(24-12-5-4-6-13-25(24)35)27(36)33(21)17-20-15-14-19(16-28-20)22-10-7-8-11-23(22)26-29-31-32-30-26/h7-8,10-11,14-16,18,24H,2-6,9,12-13,17H2,1H3,(H,29,30,31,32). The first kappa shape index (κ1) is 23.8. The number of H-pyrrole nitrogens is 1. The van der Waals surface area contributed by atoms with Crippen LogP contribution in [-0.4, -0.2) is 40.5 Å². The Balaban J connectivity index is 1.44. The van der Waals surface area contributed by atoms with E-state index in [1.807, 2.05) is 48.8 Å². The van der Waals surface area contributed by atoms with Crippen molar-refractivity contribution >= 4 is 5.78 Å². The summed E-state index contributed by atoms with van der Waals surface area (Å²) in [5.74, 6) is 0.702. The van der Waals surface area contributed by atoms with Crippen molar-refractivity contribution in [2.24, 2.45) is 0 Å². The lowest BCUT2D eigenvalue weighted by Crippen LogP contribution is -2.31. The van der Waals surface area contributed by atoms with Crippen molar-refractivity contribution < 1.29 is 4.79 Å². The predicted molar refractivity (Wildman–Crippen MR) is 136 cm³/mol. The highest BCUT2D eigenvalue weighted by Crippen LogP contribution is 2.29. The molecular weight excluding hydrogens is 454 g/mol. The fourth-order valence-electron chi connectivity index (χ4n) is 4.98. The number of tetrazole rings is 1. The van der Waals surface area contributed by atoms with Gasteiger partial charge in [0.05, 0.1) is 18.3 Å². The number of aryl methyl sites for hydroxylation is 1. The Labute approximate surface area is 209 Å². The zero-order valence-corrected chi connectivity index (χ0v) is 20.6. The number of nitrogens with one attached hydrogen (secondary N) is 1. The highest BCUT2D eigenvalue weighted by molar-refractivity contribution is 5.82. The van der Waals surface area contributed by atoms with Crippen LogP contribution in [0, 0.1) is 0 Å². The van der Waals surface area contributed by atoms with E-state index in [0.717, 1.165) is 73.0 Å². The second-order valence-electron chi connectivity index (χ2n) is 9.40. The molecule has 1 N–H and O–H groups in total. The topological polar surface area (TPSA) is 111 Å². The molecule has 5 rings (SSSR count). The van der Waals surface area contributed by atoms with E-state index in [9.17, 15) is 9.59 Å². The number of unbranched alkanes of at least 4 members (excludes halogenated alkanes) is 1. The number of aromatic nitrogens is 7. The van der Waals surface area contributed by atoms with Crippen LogP contribution in [0.25, 0.3) is 22.5 Å². The highest BCUT2D eigenvalue weighted by atomic mass is 16.2. The zero-order chi connectivity index (χ0) is 24.9. The van der Waals surface area contributed by atoms with Gasteiger partial charge in [-0.25, -0.2) is 4.79 Å².